The van der Waals surface area contributed by atoms with Gasteiger partial charge in [0.05, 0.1) is 0 Å². The number of rotatable bonds is 23. The number of phenolic OH excluding ortho intramolecular Hbond substituents is 1. The molecule has 0 unspecified atom stereocenters. The number of hydrogen-bond donors (Lipinski definition) is 7. The SMILES string of the molecule is CC[C@H](C)[C@H](NC(=O)[C@H](Cc1ccc(O)cc1)NC(=O)[C@@H]1CCCN1C(=O)[C@H](CCCNCCCCN)N=[N+]=[N-])C(=O)N[C@@H](CC(C)C)C(=O)O. The number of phenols is 1. The highest BCUT2D eigenvalue weighted by molar-refractivity contribution is 5.96. The number of benzene rings is 1. The summed E-state index contributed by atoms with van der Waals surface area (Å²) in [6.45, 7) is 9.58. The number of nitrogens with zero attached hydrogens (tertiary/aromatic N) is 4. The summed E-state index contributed by atoms with van der Waals surface area (Å²) in [5.74, 6) is -3.91. The largest absolute Gasteiger partial charge is 0.508 e. The van der Waals surface area contributed by atoms with Crippen LogP contribution in [0.2, 0.25) is 0 Å². The van der Waals surface area contributed by atoms with Crippen LogP contribution in [0.4, 0.5) is 0 Å². The Morgan fingerprint density at radius 1 is 1.00 bits per heavy atom. The summed E-state index contributed by atoms with van der Waals surface area (Å²) in [4.78, 5) is 70.9. The predicted octanol–water partition coefficient (Wildman–Crippen LogP) is 2.34. The van der Waals surface area contributed by atoms with E-state index in [0.29, 0.717) is 50.8 Å². The van der Waals surface area contributed by atoms with E-state index in [0.717, 1.165) is 19.4 Å². The van der Waals surface area contributed by atoms with Crippen molar-refractivity contribution in [3.05, 3.63) is 40.3 Å². The van der Waals surface area contributed by atoms with Crippen molar-refractivity contribution in [2.45, 2.75) is 116 Å². The normalized spacial score (nSPS) is 17.1. The number of carbonyl (C=O) groups excluding carboxylic acids is 4. The van der Waals surface area contributed by atoms with Crippen molar-refractivity contribution >= 4 is 29.6 Å². The van der Waals surface area contributed by atoms with E-state index in [1.54, 1.807) is 19.1 Å². The number of aliphatic carboxylic acids is 1. The molecule has 4 amide bonds. The van der Waals surface area contributed by atoms with Gasteiger partial charge in [0.25, 0.3) is 0 Å². The fourth-order valence-electron chi connectivity index (χ4n) is 5.98. The van der Waals surface area contributed by atoms with Gasteiger partial charge >= 0.3 is 5.97 Å². The Morgan fingerprint density at radius 2 is 1.69 bits per heavy atom. The number of carbonyl (C=O) groups is 5. The Labute approximate surface area is 300 Å². The van der Waals surface area contributed by atoms with Gasteiger partial charge in [-0.25, -0.2) is 4.79 Å². The molecular formula is C35H57N9O7. The summed E-state index contributed by atoms with van der Waals surface area (Å²) in [6.07, 6.45) is 4.26. The number of nitrogens with one attached hydrogen (secondary N) is 4. The Balaban J connectivity index is 2.26. The van der Waals surface area contributed by atoms with Crippen LogP contribution in [0.25, 0.3) is 10.4 Å². The number of aromatic hydroxyl groups is 1. The van der Waals surface area contributed by atoms with Crippen LogP contribution < -0.4 is 27.0 Å². The van der Waals surface area contributed by atoms with Crippen LogP contribution in [0, 0.1) is 11.8 Å². The maximum absolute atomic E-state index is 13.9. The number of likely N-dealkylation sites (tertiary alicyclic amines) is 1. The molecule has 1 heterocycles. The van der Waals surface area contributed by atoms with Gasteiger partial charge in [0.15, 0.2) is 0 Å². The van der Waals surface area contributed by atoms with Gasteiger partial charge in [-0.2, -0.15) is 0 Å². The third-order valence-electron chi connectivity index (χ3n) is 9.08. The highest BCUT2D eigenvalue weighted by Crippen LogP contribution is 2.22. The van der Waals surface area contributed by atoms with E-state index in [9.17, 15) is 39.7 Å². The zero-order chi connectivity index (χ0) is 37.9. The minimum absolute atomic E-state index is 0.00189. The fraction of sp³-hybridized carbons (Fsp3) is 0.686. The van der Waals surface area contributed by atoms with Crippen molar-refractivity contribution in [3.8, 4) is 5.75 Å². The second-order valence-electron chi connectivity index (χ2n) is 13.6. The summed E-state index contributed by atoms with van der Waals surface area (Å²) in [6, 6.07) is 0.760. The second-order valence-corrected chi connectivity index (χ2v) is 13.6. The molecule has 0 spiro atoms. The lowest BCUT2D eigenvalue weighted by atomic mass is 9.96. The molecule has 51 heavy (non-hydrogen) atoms. The topological polar surface area (TPSA) is 252 Å². The molecule has 16 nitrogen and oxygen atoms in total. The maximum atomic E-state index is 13.9. The highest BCUT2D eigenvalue weighted by atomic mass is 16.4. The summed E-state index contributed by atoms with van der Waals surface area (Å²) < 4.78 is 0. The smallest absolute Gasteiger partial charge is 0.326 e. The molecule has 0 saturated carbocycles. The van der Waals surface area contributed by atoms with E-state index in [-0.39, 0.29) is 37.0 Å². The Hall–Kier alpha value is -4.40. The van der Waals surface area contributed by atoms with Crippen molar-refractivity contribution in [1.82, 2.24) is 26.2 Å². The molecule has 0 bridgehead atoms. The van der Waals surface area contributed by atoms with Gasteiger partial charge in [0, 0.05) is 17.9 Å². The van der Waals surface area contributed by atoms with Gasteiger partial charge in [-0.3, -0.25) is 19.2 Å². The number of amides is 4. The van der Waals surface area contributed by atoms with Crippen molar-refractivity contribution in [1.29, 1.82) is 0 Å². The Kier molecular flexibility index (Phi) is 18.8. The second kappa shape index (κ2) is 22.4. The van der Waals surface area contributed by atoms with Crippen LogP contribution in [0.3, 0.4) is 0 Å². The van der Waals surface area contributed by atoms with Crippen LogP contribution >= 0.6 is 0 Å². The third-order valence-corrected chi connectivity index (χ3v) is 9.08. The summed E-state index contributed by atoms with van der Waals surface area (Å²) >= 11 is 0. The quantitative estimate of drug-likeness (QED) is 0.0379. The standard InChI is InChI=1S/C35H57N9O7/c1-5-23(4)30(33(48)40-28(35(50)51)20-22(2)3)41-31(46)27(21-24-12-14-25(45)15-13-24)39-32(47)29-11-9-19-44(29)34(49)26(42-43-37)10-8-18-38-17-7-6-16-36/h12-15,22-23,26-30,38,45H,5-11,16-21,36H2,1-4H3,(H,39,47)(H,40,48)(H,41,46)(H,50,51)/t23-,26-,27-,28-,29-,30-/m0/s1. The zero-order valence-electron chi connectivity index (χ0n) is 30.3. The molecular weight excluding hydrogens is 658 g/mol. The third kappa shape index (κ3) is 14.4. The monoisotopic (exact) mass is 715 g/mol. The number of carboxylic acid groups (broad SMARTS) is 1. The number of nitrogens with two attached hydrogens (primary N) is 1. The van der Waals surface area contributed by atoms with Gasteiger partial charge in [-0.1, -0.05) is 51.4 Å². The molecule has 1 aliphatic heterocycles. The minimum atomic E-state index is -1.19. The molecule has 0 aromatic heterocycles. The van der Waals surface area contributed by atoms with Gasteiger partial charge < -0.3 is 42.1 Å². The van der Waals surface area contributed by atoms with E-state index < -0.39 is 59.8 Å². The van der Waals surface area contributed by atoms with Crippen LogP contribution in [-0.4, -0.2) is 101 Å². The van der Waals surface area contributed by atoms with Crippen molar-refractivity contribution in [2.75, 3.05) is 26.2 Å². The summed E-state index contributed by atoms with van der Waals surface area (Å²) in [5, 5.41) is 34.6. The average Bonchev–Trinajstić information content (AvgIpc) is 3.59. The van der Waals surface area contributed by atoms with Crippen LogP contribution in [0.15, 0.2) is 29.4 Å². The molecule has 1 aromatic rings. The molecule has 0 aliphatic carbocycles. The zero-order valence-corrected chi connectivity index (χ0v) is 30.3. The molecule has 284 valence electrons. The summed E-state index contributed by atoms with van der Waals surface area (Å²) in [7, 11) is 0. The predicted molar refractivity (Wildman–Crippen MR) is 192 cm³/mol. The molecule has 1 fully saturated rings. The Morgan fingerprint density at radius 3 is 2.29 bits per heavy atom. The maximum Gasteiger partial charge on any atom is 0.326 e. The van der Waals surface area contributed by atoms with Gasteiger partial charge in [0.1, 0.15) is 36.0 Å². The summed E-state index contributed by atoms with van der Waals surface area (Å²) in [5.41, 5.74) is 15.3. The molecule has 1 aromatic carbocycles. The molecule has 1 saturated heterocycles. The molecule has 6 atom stereocenters. The van der Waals surface area contributed by atoms with Crippen LogP contribution in [0.1, 0.15) is 84.6 Å². The first-order valence-electron chi connectivity index (χ1n) is 18.0. The first-order valence-corrected chi connectivity index (χ1v) is 18.0. The van der Waals surface area contributed by atoms with Crippen molar-refractivity contribution in [2.24, 2.45) is 22.7 Å². The first kappa shape index (κ1) is 42.8. The Bertz CT molecular complexity index is 1340. The van der Waals surface area contributed by atoms with Crippen LogP contribution in [-0.2, 0) is 30.4 Å². The number of carboxylic acids is 1. The van der Waals surface area contributed by atoms with Gasteiger partial charge in [-0.15, -0.1) is 0 Å². The highest BCUT2D eigenvalue weighted by Gasteiger charge is 2.39. The van der Waals surface area contributed by atoms with Gasteiger partial charge in [0.2, 0.25) is 23.6 Å². The molecule has 1 aliphatic rings. The fourth-order valence-corrected chi connectivity index (χ4v) is 5.98. The van der Waals surface area contributed by atoms with Crippen molar-refractivity contribution < 1.29 is 34.2 Å². The lowest BCUT2D eigenvalue weighted by Crippen LogP contribution is -2.59. The average molecular weight is 716 g/mol. The number of unbranched alkanes of at least 4 members (excludes halogenated alkanes) is 1. The molecule has 0 radical (unpaired) electrons. The lowest BCUT2D eigenvalue weighted by molar-refractivity contribution is -0.143. The molecule has 16 heteroatoms. The van der Waals surface area contributed by atoms with E-state index in [4.69, 9.17) is 5.73 Å². The number of azide groups is 1. The van der Waals surface area contributed by atoms with Crippen molar-refractivity contribution in [3.63, 3.8) is 0 Å². The molecule has 2 rings (SSSR count). The van der Waals surface area contributed by atoms with E-state index >= 15 is 0 Å². The van der Waals surface area contributed by atoms with E-state index in [2.05, 4.69) is 31.3 Å². The lowest BCUT2D eigenvalue weighted by Gasteiger charge is -2.30. The van der Waals surface area contributed by atoms with Crippen LogP contribution in [0.5, 0.6) is 5.75 Å². The van der Waals surface area contributed by atoms with Gasteiger partial charge in [-0.05, 0) is 99.6 Å². The molecule has 8 N–H and O–H groups in total. The minimum Gasteiger partial charge on any atom is -0.508 e. The van der Waals surface area contributed by atoms with E-state index in [1.807, 2.05) is 20.8 Å². The first-order chi connectivity index (χ1) is 24.3. The van der Waals surface area contributed by atoms with E-state index in [1.165, 1.54) is 17.0 Å². The number of hydrogen-bond acceptors (Lipinski definition) is 9.